The lowest BCUT2D eigenvalue weighted by Gasteiger charge is -2.10. The van der Waals surface area contributed by atoms with Gasteiger partial charge in [0.2, 0.25) is 0 Å². The molecule has 2 heterocycles. The van der Waals surface area contributed by atoms with E-state index in [-0.39, 0.29) is 5.84 Å². The van der Waals surface area contributed by atoms with Crippen LogP contribution >= 0.6 is 11.3 Å². The summed E-state index contributed by atoms with van der Waals surface area (Å²) in [7, 11) is 1.64. The zero-order chi connectivity index (χ0) is 19.3. The highest BCUT2D eigenvalue weighted by molar-refractivity contribution is 7.07. The van der Waals surface area contributed by atoms with Crippen LogP contribution in [0.25, 0.3) is 16.9 Å². The second-order valence-electron chi connectivity index (χ2n) is 5.85. The first-order chi connectivity index (χ1) is 13.8. The maximum Gasteiger partial charge on any atom is 0.196 e. The van der Waals surface area contributed by atoms with E-state index in [0.717, 1.165) is 22.7 Å². The van der Waals surface area contributed by atoms with Crippen LogP contribution in [0, 0.1) is 5.41 Å². The molecule has 138 valence electrons. The predicted molar refractivity (Wildman–Crippen MR) is 110 cm³/mol. The number of amidine groups is 1. The Labute approximate surface area is 166 Å². The molecule has 0 fully saturated rings. The Morgan fingerprint density at radius 2 is 1.86 bits per heavy atom. The summed E-state index contributed by atoms with van der Waals surface area (Å²) < 4.78 is 7.31. The van der Waals surface area contributed by atoms with Crippen molar-refractivity contribution < 1.29 is 4.74 Å². The van der Waals surface area contributed by atoms with E-state index in [0.29, 0.717) is 10.5 Å². The molecule has 1 N–H and O–H groups in total. The lowest BCUT2D eigenvalue weighted by molar-refractivity contribution is 0.414. The van der Waals surface area contributed by atoms with E-state index < -0.39 is 0 Å². The Morgan fingerprint density at radius 1 is 1.07 bits per heavy atom. The maximum atomic E-state index is 8.31. The van der Waals surface area contributed by atoms with Crippen molar-refractivity contribution in [2.75, 3.05) is 7.11 Å². The van der Waals surface area contributed by atoms with Crippen LogP contribution in [0.5, 0.6) is 5.75 Å². The third-order valence-corrected chi connectivity index (χ3v) is 4.95. The standard InChI is InChI=1S/C21H17N5OS/c1-27-17-9-7-16(8-10-17)26-19(15-5-3-2-4-6-15)14-28-21(26)25-20(22)18-13-23-11-12-24-18/h2-14,22H,1H3. The molecule has 0 aliphatic carbocycles. The summed E-state index contributed by atoms with van der Waals surface area (Å²) >= 11 is 1.47. The van der Waals surface area contributed by atoms with E-state index in [9.17, 15) is 0 Å². The molecule has 2 aromatic carbocycles. The van der Waals surface area contributed by atoms with Gasteiger partial charge in [0.25, 0.3) is 0 Å². The summed E-state index contributed by atoms with van der Waals surface area (Å²) in [5.74, 6) is 0.850. The molecule has 0 saturated heterocycles. The van der Waals surface area contributed by atoms with Crippen molar-refractivity contribution in [3.8, 4) is 22.7 Å². The van der Waals surface area contributed by atoms with E-state index in [1.807, 2.05) is 52.4 Å². The molecule has 0 aliphatic rings. The van der Waals surface area contributed by atoms with Crippen molar-refractivity contribution in [3.63, 3.8) is 0 Å². The Kier molecular flexibility index (Phi) is 5.07. The van der Waals surface area contributed by atoms with Gasteiger partial charge in [0, 0.05) is 23.5 Å². The van der Waals surface area contributed by atoms with Gasteiger partial charge in [0.05, 0.1) is 19.0 Å². The van der Waals surface area contributed by atoms with Gasteiger partial charge >= 0.3 is 0 Å². The fourth-order valence-electron chi connectivity index (χ4n) is 2.75. The third kappa shape index (κ3) is 3.60. The molecule has 7 heteroatoms. The van der Waals surface area contributed by atoms with Crippen LogP contribution in [0.2, 0.25) is 0 Å². The number of thiazole rings is 1. The fourth-order valence-corrected chi connectivity index (χ4v) is 3.67. The number of benzene rings is 2. The quantitative estimate of drug-likeness (QED) is 0.426. The van der Waals surface area contributed by atoms with Crippen molar-refractivity contribution in [1.82, 2.24) is 14.5 Å². The third-order valence-electron chi connectivity index (χ3n) is 4.12. The molecule has 6 nitrogen and oxygen atoms in total. The van der Waals surface area contributed by atoms with Crippen LogP contribution in [0.3, 0.4) is 0 Å². The summed E-state index contributed by atoms with van der Waals surface area (Å²) in [6.45, 7) is 0. The van der Waals surface area contributed by atoms with Gasteiger partial charge in [-0.15, -0.1) is 11.3 Å². The largest absolute Gasteiger partial charge is 0.497 e. The van der Waals surface area contributed by atoms with Gasteiger partial charge in [-0.3, -0.25) is 15.0 Å². The van der Waals surface area contributed by atoms with Gasteiger partial charge in [-0.1, -0.05) is 30.3 Å². The molecule has 0 unspecified atom stereocenters. The van der Waals surface area contributed by atoms with Crippen LogP contribution in [-0.4, -0.2) is 27.5 Å². The minimum atomic E-state index is 0.0665. The summed E-state index contributed by atoms with van der Waals surface area (Å²) in [4.78, 5) is 13.4. The van der Waals surface area contributed by atoms with Gasteiger partial charge in [0.1, 0.15) is 11.4 Å². The topological polar surface area (TPSA) is 76.2 Å². The number of ether oxygens (including phenoxy) is 1. The second-order valence-corrected chi connectivity index (χ2v) is 6.69. The van der Waals surface area contributed by atoms with Crippen molar-refractivity contribution in [2.24, 2.45) is 4.99 Å². The van der Waals surface area contributed by atoms with Gasteiger partial charge in [-0.05, 0) is 29.8 Å². The van der Waals surface area contributed by atoms with Gasteiger partial charge in [0.15, 0.2) is 10.6 Å². The van der Waals surface area contributed by atoms with Crippen LogP contribution in [0.4, 0.5) is 0 Å². The molecule has 0 atom stereocenters. The maximum absolute atomic E-state index is 8.31. The number of nitrogens with one attached hydrogen (secondary N) is 1. The van der Waals surface area contributed by atoms with Gasteiger partial charge < -0.3 is 4.74 Å². The molecule has 0 saturated carbocycles. The summed E-state index contributed by atoms with van der Waals surface area (Å²) in [5.41, 5.74) is 3.44. The van der Waals surface area contributed by atoms with E-state index in [4.69, 9.17) is 10.1 Å². The average molecular weight is 387 g/mol. The first-order valence-electron chi connectivity index (χ1n) is 8.56. The summed E-state index contributed by atoms with van der Waals surface area (Å²) in [6, 6.07) is 17.9. The van der Waals surface area contributed by atoms with Crippen molar-refractivity contribution in [2.45, 2.75) is 0 Å². The lowest BCUT2D eigenvalue weighted by atomic mass is 10.1. The van der Waals surface area contributed by atoms with Crippen LogP contribution in [0.15, 0.2) is 83.6 Å². The molecular weight excluding hydrogens is 370 g/mol. The van der Waals surface area contributed by atoms with Crippen molar-refractivity contribution in [1.29, 1.82) is 5.41 Å². The average Bonchev–Trinajstić information content (AvgIpc) is 3.18. The minimum absolute atomic E-state index is 0.0665. The number of hydrogen-bond donors (Lipinski definition) is 1. The molecule has 0 spiro atoms. The van der Waals surface area contributed by atoms with Crippen LogP contribution < -0.4 is 9.54 Å². The number of aromatic nitrogens is 3. The highest BCUT2D eigenvalue weighted by Gasteiger charge is 2.11. The highest BCUT2D eigenvalue weighted by atomic mass is 32.1. The van der Waals surface area contributed by atoms with Crippen LogP contribution in [0.1, 0.15) is 5.69 Å². The SMILES string of the molecule is COc1ccc(-n2c(-c3ccccc3)csc2=NC(=N)c2cnccn2)cc1. The Bertz CT molecular complexity index is 1150. The normalized spacial score (nSPS) is 11.4. The molecule has 0 bridgehead atoms. The number of rotatable bonds is 4. The van der Waals surface area contributed by atoms with Crippen molar-refractivity contribution in [3.05, 3.63) is 89.1 Å². The molecular formula is C21H17N5OS. The summed E-state index contributed by atoms with van der Waals surface area (Å²) in [5, 5.41) is 10.4. The molecule has 4 rings (SSSR count). The molecule has 0 aliphatic heterocycles. The molecule has 28 heavy (non-hydrogen) atoms. The lowest BCUT2D eigenvalue weighted by Crippen LogP contribution is -2.17. The van der Waals surface area contributed by atoms with Gasteiger partial charge in [-0.25, -0.2) is 4.98 Å². The zero-order valence-corrected chi connectivity index (χ0v) is 15.9. The molecule has 2 aromatic heterocycles. The Hall–Kier alpha value is -3.58. The first-order valence-corrected chi connectivity index (χ1v) is 9.44. The molecule has 4 aromatic rings. The monoisotopic (exact) mass is 387 g/mol. The van der Waals surface area contributed by atoms with Crippen molar-refractivity contribution >= 4 is 17.2 Å². The predicted octanol–water partition coefficient (Wildman–Crippen LogP) is 3.93. The van der Waals surface area contributed by atoms with Gasteiger partial charge in [-0.2, -0.15) is 4.99 Å². The van der Waals surface area contributed by atoms with E-state index in [1.165, 1.54) is 17.5 Å². The molecule has 0 amide bonds. The first kappa shape index (κ1) is 17.8. The second kappa shape index (κ2) is 7.98. The minimum Gasteiger partial charge on any atom is -0.497 e. The van der Waals surface area contributed by atoms with E-state index >= 15 is 0 Å². The smallest absolute Gasteiger partial charge is 0.196 e. The Morgan fingerprint density at radius 3 is 2.54 bits per heavy atom. The van der Waals surface area contributed by atoms with E-state index in [2.05, 4.69) is 27.1 Å². The summed E-state index contributed by atoms with van der Waals surface area (Å²) in [6.07, 6.45) is 4.67. The number of methoxy groups -OCH3 is 1. The Balaban J connectivity index is 1.88. The van der Waals surface area contributed by atoms with Crippen LogP contribution in [-0.2, 0) is 0 Å². The number of hydrogen-bond acceptors (Lipinski definition) is 5. The zero-order valence-electron chi connectivity index (χ0n) is 15.1. The van der Waals surface area contributed by atoms with E-state index in [1.54, 1.807) is 19.5 Å². The highest BCUT2D eigenvalue weighted by Crippen LogP contribution is 2.24. The molecule has 0 radical (unpaired) electrons. The number of nitrogens with zero attached hydrogens (tertiary/aromatic N) is 4. The fraction of sp³-hybridized carbons (Fsp3) is 0.0476.